The number of phenolic OH excluding ortho intramolecular Hbond substituents is 1. The molecule has 1 aliphatic rings. The molecule has 3 rings (SSSR count). The molecule has 1 aliphatic heterocycles. The van der Waals surface area contributed by atoms with Crippen LogP contribution in [0.4, 0.5) is 0 Å². The molecule has 0 unspecified atom stereocenters. The van der Waals surface area contributed by atoms with Crippen LogP contribution in [-0.2, 0) is 36.6 Å². The van der Waals surface area contributed by atoms with Crippen LogP contribution in [0.15, 0.2) is 53.5 Å². The fraction of sp³-hybridized carbons (Fsp3) is 0.512. The number of aromatic hydroxyl groups is 1. The number of hydrogen-bond donors (Lipinski definition) is 5. The summed E-state index contributed by atoms with van der Waals surface area (Å²) >= 11 is 1.93. The van der Waals surface area contributed by atoms with Crippen molar-refractivity contribution in [3.05, 3.63) is 65.3 Å². The van der Waals surface area contributed by atoms with Crippen molar-refractivity contribution in [3.63, 3.8) is 0 Å². The Balaban J connectivity index is 0.000000817. The second kappa shape index (κ2) is 22.1. The van der Waals surface area contributed by atoms with Crippen molar-refractivity contribution in [2.45, 2.75) is 88.8 Å². The molecule has 1 fully saturated rings. The molecule has 56 heavy (non-hydrogen) atoms. The van der Waals surface area contributed by atoms with Gasteiger partial charge in [0, 0.05) is 83.4 Å². The highest BCUT2D eigenvalue weighted by atomic mass is 32.2. The molecule has 0 aliphatic carbocycles. The van der Waals surface area contributed by atoms with Crippen LogP contribution in [0, 0.1) is 0 Å². The lowest BCUT2D eigenvalue weighted by Crippen LogP contribution is -2.46. The first-order valence-corrected chi connectivity index (χ1v) is 18.7. The van der Waals surface area contributed by atoms with Crippen LogP contribution in [-0.4, -0.2) is 118 Å². The smallest absolute Gasteiger partial charge is 0.328 e. The summed E-state index contributed by atoms with van der Waals surface area (Å²) in [6, 6.07) is 8.44. The molecule has 0 spiro atoms. The van der Waals surface area contributed by atoms with E-state index in [4.69, 9.17) is 34.6 Å². The number of hydrogen-bond acceptors (Lipinski definition) is 11. The van der Waals surface area contributed by atoms with Gasteiger partial charge >= 0.3 is 23.9 Å². The summed E-state index contributed by atoms with van der Waals surface area (Å²) in [6.45, 7) is 23.8. The molecule has 5 N–H and O–H groups in total. The Morgan fingerprint density at radius 3 is 1.43 bits per heavy atom. The van der Waals surface area contributed by atoms with Crippen LogP contribution < -0.4 is 14.2 Å². The van der Waals surface area contributed by atoms with E-state index < -0.39 is 23.9 Å². The van der Waals surface area contributed by atoms with E-state index in [9.17, 15) is 24.3 Å². The van der Waals surface area contributed by atoms with Crippen molar-refractivity contribution in [1.29, 1.82) is 0 Å². The standard InChI is InChI=1S/C33H52N2O4S.2C4H4O4/c1-31(2,3)25-20-24(21-26(28(25)36)32(4,5)6)40-33(7,8)14-15-34-16-18-35(19-17-34)22-23-12-13-27(37-9)30(39-11)29(23)38-10;2*5-3(6)1-2-4(7)8/h12-13,20-21,36H,14-19,22H2,1-11H3;2*1-2H,(H,5,6)(H,7,8)/b;2*2-1+. The van der Waals surface area contributed by atoms with Gasteiger partial charge in [-0.2, -0.15) is 0 Å². The van der Waals surface area contributed by atoms with Crippen LogP contribution in [0.3, 0.4) is 0 Å². The first kappa shape index (κ1) is 49.3. The Kier molecular flexibility index (Phi) is 19.5. The minimum absolute atomic E-state index is 0.0748. The zero-order valence-electron chi connectivity index (χ0n) is 34.5. The van der Waals surface area contributed by atoms with Gasteiger partial charge < -0.3 is 44.6 Å². The second-order valence-electron chi connectivity index (χ2n) is 15.6. The summed E-state index contributed by atoms with van der Waals surface area (Å²) in [5.74, 6) is -2.49. The molecule has 0 atom stereocenters. The maximum absolute atomic E-state index is 11.1. The maximum atomic E-state index is 11.1. The second-order valence-corrected chi connectivity index (χ2v) is 17.4. The lowest BCUT2D eigenvalue weighted by molar-refractivity contribution is -0.134. The Morgan fingerprint density at radius 1 is 0.661 bits per heavy atom. The topological polar surface area (TPSA) is 204 Å². The van der Waals surface area contributed by atoms with E-state index in [1.54, 1.807) is 21.3 Å². The predicted octanol–water partition coefficient (Wildman–Crippen LogP) is 6.52. The van der Waals surface area contributed by atoms with Gasteiger partial charge in [-0.3, -0.25) is 4.90 Å². The van der Waals surface area contributed by atoms with Gasteiger partial charge in [0.25, 0.3) is 0 Å². The third-order valence-corrected chi connectivity index (χ3v) is 9.73. The summed E-state index contributed by atoms with van der Waals surface area (Å²) in [4.78, 5) is 44.5. The zero-order valence-corrected chi connectivity index (χ0v) is 35.3. The highest BCUT2D eigenvalue weighted by molar-refractivity contribution is 8.00. The number of carbonyl (C=O) groups is 4. The number of carboxylic acids is 4. The van der Waals surface area contributed by atoms with E-state index in [1.807, 2.05) is 17.8 Å². The lowest BCUT2D eigenvalue weighted by Gasteiger charge is -2.37. The molecule has 0 bridgehead atoms. The molecule has 0 aromatic heterocycles. The van der Waals surface area contributed by atoms with E-state index in [-0.39, 0.29) is 15.6 Å². The minimum Gasteiger partial charge on any atom is -0.507 e. The maximum Gasteiger partial charge on any atom is 0.328 e. The molecule has 312 valence electrons. The van der Waals surface area contributed by atoms with Crippen molar-refractivity contribution >= 4 is 35.6 Å². The number of methoxy groups -OCH3 is 3. The van der Waals surface area contributed by atoms with Crippen molar-refractivity contribution in [2.75, 3.05) is 54.1 Å². The van der Waals surface area contributed by atoms with Crippen molar-refractivity contribution in [3.8, 4) is 23.0 Å². The van der Waals surface area contributed by atoms with Gasteiger partial charge in [-0.15, -0.1) is 11.8 Å². The van der Waals surface area contributed by atoms with Gasteiger partial charge in [0.15, 0.2) is 11.5 Å². The first-order chi connectivity index (χ1) is 25.8. The fourth-order valence-corrected chi connectivity index (χ4v) is 6.78. The van der Waals surface area contributed by atoms with Crippen LogP contribution in [0.1, 0.15) is 78.5 Å². The van der Waals surface area contributed by atoms with Gasteiger partial charge in [-0.05, 0) is 42.0 Å². The Hall–Kier alpha value is -4.73. The minimum atomic E-state index is -1.26. The van der Waals surface area contributed by atoms with Gasteiger partial charge in [0.1, 0.15) is 5.75 Å². The van der Waals surface area contributed by atoms with Gasteiger partial charge in [0.2, 0.25) is 5.75 Å². The van der Waals surface area contributed by atoms with E-state index in [0.29, 0.717) is 41.6 Å². The molecule has 2 aromatic carbocycles. The van der Waals surface area contributed by atoms with Crippen LogP contribution >= 0.6 is 11.8 Å². The van der Waals surface area contributed by atoms with Gasteiger partial charge in [0.05, 0.1) is 21.3 Å². The number of nitrogens with zero attached hydrogens (tertiary/aromatic N) is 2. The molecule has 0 saturated carbocycles. The van der Waals surface area contributed by atoms with Crippen LogP contribution in [0.2, 0.25) is 0 Å². The van der Waals surface area contributed by atoms with Crippen LogP contribution in [0.25, 0.3) is 0 Å². The molecule has 2 aromatic rings. The Bertz CT molecular complexity index is 1600. The number of aliphatic carboxylic acids is 4. The van der Waals surface area contributed by atoms with Crippen molar-refractivity contribution in [2.24, 2.45) is 0 Å². The average molecular weight is 805 g/mol. The first-order valence-electron chi connectivity index (χ1n) is 17.9. The molecule has 0 radical (unpaired) electrons. The zero-order chi connectivity index (χ0) is 43.0. The summed E-state index contributed by atoms with van der Waals surface area (Å²) in [5.41, 5.74) is 2.93. The summed E-state index contributed by atoms with van der Waals surface area (Å²) in [7, 11) is 4.98. The average Bonchev–Trinajstić information content (AvgIpc) is 3.09. The van der Waals surface area contributed by atoms with Crippen molar-refractivity contribution in [1.82, 2.24) is 9.80 Å². The highest BCUT2D eigenvalue weighted by Crippen LogP contribution is 2.45. The van der Waals surface area contributed by atoms with E-state index in [0.717, 1.165) is 68.1 Å². The molecular formula is C41H60N2O12S. The SMILES string of the molecule is COc1ccc(CN2CCN(CCC(C)(C)Sc3cc(C(C)(C)C)c(O)c(C(C)(C)C)c3)CC2)c(OC)c1OC.O=C(O)/C=C/C(=O)O.O=C(O)/C=C/C(=O)O. The number of benzene rings is 2. The number of piperazine rings is 1. The molecule has 1 saturated heterocycles. The number of carboxylic acid groups (broad SMARTS) is 4. The molecule has 14 nitrogen and oxygen atoms in total. The van der Waals surface area contributed by atoms with Crippen molar-refractivity contribution < 1.29 is 58.9 Å². The third-order valence-electron chi connectivity index (χ3n) is 8.51. The summed E-state index contributed by atoms with van der Waals surface area (Å²) in [5, 5.41) is 42.4. The highest BCUT2D eigenvalue weighted by Gasteiger charge is 2.29. The monoisotopic (exact) mass is 804 g/mol. The summed E-state index contributed by atoms with van der Waals surface area (Å²) < 4.78 is 16.8. The normalized spacial score (nSPS) is 14.0. The number of rotatable bonds is 14. The molecule has 1 heterocycles. The van der Waals surface area contributed by atoms with E-state index in [1.165, 1.54) is 4.90 Å². The number of phenols is 1. The number of ether oxygens (including phenoxy) is 3. The quantitative estimate of drug-likeness (QED) is 0.102. The molecule has 0 amide bonds. The summed E-state index contributed by atoms with van der Waals surface area (Å²) in [6.07, 6.45) is 3.33. The number of thioether (sulfide) groups is 1. The third kappa shape index (κ3) is 17.4. The molecular weight excluding hydrogens is 745 g/mol. The van der Waals surface area contributed by atoms with E-state index >= 15 is 0 Å². The Morgan fingerprint density at radius 2 is 1.07 bits per heavy atom. The van der Waals surface area contributed by atoms with Gasteiger partial charge in [-0.1, -0.05) is 61.5 Å². The van der Waals surface area contributed by atoms with Crippen LogP contribution in [0.5, 0.6) is 23.0 Å². The Labute approximate surface area is 334 Å². The largest absolute Gasteiger partial charge is 0.507 e. The lowest BCUT2D eigenvalue weighted by atomic mass is 9.79. The molecule has 15 heteroatoms. The van der Waals surface area contributed by atoms with E-state index in [2.05, 4.69) is 83.4 Å². The fourth-order valence-electron chi connectivity index (χ4n) is 5.59. The predicted molar refractivity (Wildman–Crippen MR) is 217 cm³/mol. The van der Waals surface area contributed by atoms with Gasteiger partial charge in [-0.25, -0.2) is 19.2 Å².